The molecular formula is C19H29N. The first-order valence-corrected chi connectivity index (χ1v) is 7.87. The van der Waals surface area contributed by atoms with Gasteiger partial charge in [-0.15, -0.1) is 0 Å². The maximum absolute atomic E-state index is 4.48. The lowest BCUT2D eigenvalue weighted by molar-refractivity contribution is 1.10. The molecule has 0 aliphatic rings. The molecule has 0 spiro atoms. The average Bonchev–Trinajstić information content (AvgIpc) is 2.59. The van der Waals surface area contributed by atoms with E-state index in [4.69, 9.17) is 0 Å². The molecule has 1 nitrogen and oxygen atoms in total. The first-order valence-electron chi connectivity index (χ1n) is 7.87. The van der Waals surface area contributed by atoms with Gasteiger partial charge in [-0.25, -0.2) is 0 Å². The lowest BCUT2D eigenvalue weighted by atomic mass is 10.1. The second kappa shape index (κ2) is 11.2. The molecule has 0 aliphatic carbocycles. The summed E-state index contributed by atoms with van der Waals surface area (Å²) in [6.07, 6.45) is 4.09. The van der Waals surface area contributed by atoms with Crippen LogP contribution in [0.4, 0.5) is 0 Å². The molecule has 0 unspecified atom stereocenters. The fourth-order valence-electron chi connectivity index (χ4n) is 1.72. The predicted octanol–water partition coefficient (Wildman–Crippen LogP) is 5.93. The normalized spacial score (nSPS) is 8.90. The zero-order chi connectivity index (χ0) is 15.4. The Morgan fingerprint density at radius 3 is 1.60 bits per heavy atom. The molecular weight excluding hydrogens is 242 g/mol. The van der Waals surface area contributed by atoms with Crippen molar-refractivity contribution in [1.82, 2.24) is 4.98 Å². The number of nitrogens with zero attached hydrogens (tertiary/aromatic N) is 1. The third-order valence-corrected chi connectivity index (χ3v) is 2.89. The van der Waals surface area contributed by atoms with Crippen molar-refractivity contribution < 1.29 is 0 Å². The maximum Gasteiger partial charge on any atom is 0.0702 e. The van der Waals surface area contributed by atoms with Crippen molar-refractivity contribution in [3.05, 3.63) is 53.7 Å². The fraction of sp³-hybridized carbons (Fsp3) is 0.421. The van der Waals surface area contributed by atoms with Crippen LogP contribution in [0.3, 0.4) is 0 Å². The number of aryl methyl sites for hydroxylation is 2. The summed E-state index contributed by atoms with van der Waals surface area (Å²) in [4.78, 5) is 4.48. The first-order chi connectivity index (χ1) is 9.83. The lowest BCUT2D eigenvalue weighted by Crippen LogP contribution is -1.87. The fourth-order valence-corrected chi connectivity index (χ4v) is 1.72. The topological polar surface area (TPSA) is 12.9 Å². The third kappa shape index (κ3) is 5.56. The molecule has 0 amide bonds. The van der Waals surface area contributed by atoms with E-state index in [1.54, 1.807) is 0 Å². The SMILES string of the molecule is CC.CC.CCc1ccc(-c2ccc(CC)cn2)cc1. The summed E-state index contributed by atoms with van der Waals surface area (Å²) in [6, 6.07) is 12.9. The standard InChI is InChI=1S/C15H17N.2C2H6/c1-3-12-5-8-14(9-6-12)15-10-7-13(4-2)11-16-15;2*1-2/h5-11H,3-4H2,1-2H3;2*1-2H3. The Bertz CT molecular complexity index is 395. The van der Waals surface area contributed by atoms with Crippen LogP contribution in [-0.2, 0) is 12.8 Å². The molecule has 0 aliphatic heterocycles. The number of rotatable bonds is 3. The summed E-state index contributed by atoms with van der Waals surface area (Å²) < 4.78 is 0. The Hall–Kier alpha value is -1.63. The quantitative estimate of drug-likeness (QED) is 0.674. The van der Waals surface area contributed by atoms with Gasteiger partial charge in [0.15, 0.2) is 0 Å². The van der Waals surface area contributed by atoms with Gasteiger partial charge in [0.1, 0.15) is 0 Å². The van der Waals surface area contributed by atoms with Gasteiger partial charge in [-0.05, 0) is 30.0 Å². The summed E-state index contributed by atoms with van der Waals surface area (Å²) >= 11 is 0. The molecule has 0 N–H and O–H groups in total. The van der Waals surface area contributed by atoms with Gasteiger partial charge >= 0.3 is 0 Å². The van der Waals surface area contributed by atoms with Crippen molar-refractivity contribution in [3.63, 3.8) is 0 Å². The molecule has 1 heteroatoms. The van der Waals surface area contributed by atoms with Crippen molar-refractivity contribution >= 4 is 0 Å². The molecule has 0 bridgehead atoms. The molecule has 0 saturated carbocycles. The molecule has 1 aromatic carbocycles. The number of benzene rings is 1. The Labute approximate surface area is 125 Å². The summed E-state index contributed by atoms with van der Waals surface area (Å²) in [6.45, 7) is 12.3. The van der Waals surface area contributed by atoms with Crippen LogP contribution in [0.15, 0.2) is 42.6 Å². The highest BCUT2D eigenvalue weighted by Crippen LogP contribution is 2.18. The minimum Gasteiger partial charge on any atom is -0.256 e. The molecule has 110 valence electrons. The molecule has 0 radical (unpaired) electrons. The van der Waals surface area contributed by atoms with E-state index in [1.165, 1.54) is 16.7 Å². The van der Waals surface area contributed by atoms with Gasteiger partial charge in [0.25, 0.3) is 0 Å². The van der Waals surface area contributed by atoms with Crippen molar-refractivity contribution in [2.75, 3.05) is 0 Å². The van der Waals surface area contributed by atoms with Gasteiger partial charge in [-0.1, -0.05) is 71.9 Å². The smallest absolute Gasteiger partial charge is 0.0702 e. The monoisotopic (exact) mass is 271 g/mol. The van der Waals surface area contributed by atoms with Crippen LogP contribution in [0, 0.1) is 0 Å². The van der Waals surface area contributed by atoms with E-state index < -0.39 is 0 Å². The summed E-state index contributed by atoms with van der Waals surface area (Å²) in [5, 5.41) is 0. The Kier molecular flexibility index (Phi) is 10.3. The Morgan fingerprint density at radius 1 is 0.700 bits per heavy atom. The van der Waals surface area contributed by atoms with E-state index in [2.05, 4.69) is 55.2 Å². The minimum atomic E-state index is 1.04. The zero-order valence-electron chi connectivity index (χ0n) is 13.9. The number of pyridine rings is 1. The van der Waals surface area contributed by atoms with Crippen LogP contribution in [0.2, 0.25) is 0 Å². The number of hydrogen-bond acceptors (Lipinski definition) is 1. The van der Waals surface area contributed by atoms with Gasteiger partial charge in [-0.2, -0.15) is 0 Å². The van der Waals surface area contributed by atoms with Crippen LogP contribution in [0.25, 0.3) is 11.3 Å². The molecule has 0 fully saturated rings. The molecule has 2 rings (SSSR count). The van der Waals surface area contributed by atoms with Crippen LogP contribution in [0.5, 0.6) is 0 Å². The van der Waals surface area contributed by atoms with Crippen molar-refractivity contribution in [3.8, 4) is 11.3 Å². The van der Waals surface area contributed by atoms with E-state index in [9.17, 15) is 0 Å². The number of hydrogen-bond donors (Lipinski definition) is 0. The second-order valence-electron chi connectivity index (χ2n) is 3.96. The van der Waals surface area contributed by atoms with Crippen LogP contribution in [-0.4, -0.2) is 4.98 Å². The molecule has 20 heavy (non-hydrogen) atoms. The van der Waals surface area contributed by atoms with Gasteiger partial charge < -0.3 is 0 Å². The van der Waals surface area contributed by atoms with Gasteiger partial charge in [0.05, 0.1) is 5.69 Å². The summed E-state index contributed by atoms with van der Waals surface area (Å²) in [5.41, 5.74) is 4.91. The van der Waals surface area contributed by atoms with Crippen molar-refractivity contribution in [2.45, 2.75) is 54.4 Å². The summed E-state index contributed by atoms with van der Waals surface area (Å²) in [5.74, 6) is 0. The molecule has 0 saturated heterocycles. The van der Waals surface area contributed by atoms with Gasteiger partial charge in [-0.3, -0.25) is 4.98 Å². The Morgan fingerprint density at radius 2 is 1.20 bits per heavy atom. The molecule has 1 aromatic heterocycles. The highest BCUT2D eigenvalue weighted by molar-refractivity contribution is 5.59. The minimum absolute atomic E-state index is 1.04. The molecule has 0 atom stereocenters. The van der Waals surface area contributed by atoms with E-state index in [-0.39, 0.29) is 0 Å². The second-order valence-corrected chi connectivity index (χ2v) is 3.96. The molecule has 1 heterocycles. The zero-order valence-corrected chi connectivity index (χ0v) is 13.9. The van der Waals surface area contributed by atoms with E-state index in [1.807, 2.05) is 33.9 Å². The predicted molar refractivity (Wildman–Crippen MR) is 91.1 cm³/mol. The molecule has 2 aromatic rings. The van der Waals surface area contributed by atoms with Gasteiger partial charge in [0, 0.05) is 11.8 Å². The third-order valence-electron chi connectivity index (χ3n) is 2.89. The van der Waals surface area contributed by atoms with Crippen LogP contribution >= 0.6 is 0 Å². The van der Waals surface area contributed by atoms with Crippen molar-refractivity contribution in [2.24, 2.45) is 0 Å². The average molecular weight is 271 g/mol. The highest BCUT2D eigenvalue weighted by atomic mass is 14.7. The first kappa shape index (κ1) is 18.4. The van der Waals surface area contributed by atoms with E-state index >= 15 is 0 Å². The highest BCUT2D eigenvalue weighted by Gasteiger charge is 1.99. The van der Waals surface area contributed by atoms with E-state index in [0.717, 1.165) is 18.5 Å². The van der Waals surface area contributed by atoms with E-state index in [0.29, 0.717) is 0 Å². The van der Waals surface area contributed by atoms with Gasteiger partial charge in [0.2, 0.25) is 0 Å². The van der Waals surface area contributed by atoms with Crippen molar-refractivity contribution in [1.29, 1.82) is 0 Å². The number of aromatic nitrogens is 1. The lowest BCUT2D eigenvalue weighted by Gasteiger charge is -2.03. The van der Waals surface area contributed by atoms with Crippen LogP contribution in [0.1, 0.15) is 52.7 Å². The summed E-state index contributed by atoms with van der Waals surface area (Å²) in [7, 11) is 0. The largest absolute Gasteiger partial charge is 0.256 e. The maximum atomic E-state index is 4.48. The van der Waals surface area contributed by atoms with Crippen LogP contribution < -0.4 is 0 Å². The Balaban J connectivity index is 0.000000829.